The molecule has 0 aliphatic carbocycles. The molecule has 0 saturated carbocycles. The Kier molecular flexibility index (Phi) is 2.13. The highest BCUT2D eigenvalue weighted by Crippen LogP contribution is 2.22. The summed E-state index contributed by atoms with van der Waals surface area (Å²) in [6.07, 6.45) is -0.0831. The second-order valence-electron chi connectivity index (χ2n) is 2.80. The number of fused-ring (bicyclic) bond motifs is 1. The van der Waals surface area contributed by atoms with Crippen molar-refractivity contribution in [3.63, 3.8) is 0 Å². The Morgan fingerprint density at radius 2 is 2.36 bits per heavy atom. The van der Waals surface area contributed by atoms with E-state index in [2.05, 4.69) is 4.98 Å². The van der Waals surface area contributed by atoms with Crippen molar-refractivity contribution in [1.82, 2.24) is 4.98 Å². The van der Waals surface area contributed by atoms with Crippen molar-refractivity contribution in [3.05, 3.63) is 29.1 Å². The molecule has 2 rings (SSSR count). The van der Waals surface area contributed by atoms with Crippen LogP contribution >= 0.6 is 11.6 Å². The van der Waals surface area contributed by atoms with Gasteiger partial charge in [0, 0.05) is 0 Å². The van der Waals surface area contributed by atoms with E-state index in [1.807, 2.05) is 0 Å². The lowest BCUT2D eigenvalue weighted by atomic mass is 10.1. The van der Waals surface area contributed by atoms with E-state index in [9.17, 15) is 4.79 Å². The lowest BCUT2D eigenvalue weighted by Crippen LogP contribution is -2.00. The van der Waals surface area contributed by atoms with Gasteiger partial charge in [-0.05, 0) is 23.2 Å². The number of benzene rings is 1. The minimum Gasteiger partial charge on any atom is -0.481 e. The largest absolute Gasteiger partial charge is 0.481 e. The third kappa shape index (κ3) is 1.56. The molecule has 72 valence electrons. The van der Waals surface area contributed by atoms with Crippen molar-refractivity contribution in [2.24, 2.45) is 0 Å². The van der Waals surface area contributed by atoms with Gasteiger partial charge in [0.25, 0.3) is 5.35 Å². The van der Waals surface area contributed by atoms with E-state index in [0.717, 1.165) is 0 Å². The van der Waals surface area contributed by atoms with Gasteiger partial charge in [-0.15, -0.1) is 0 Å². The van der Waals surface area contributed by atoms with Crippen LogP contribution in [0.2, 0.25) is 5.35 Å². The molecule has 0 radical (unpaired) electrons. The molecule has 0 fully saturated rings. The van der Waals surface area contributed by atoms with Crippen LogP contribution in [0.15, 0.2) is 22.6 Å². The molecule has 0 bridgehead atoms. The molecule has 0 spiro atoms. The molecule has 0 atom stereocenters. The lowest BCUT2D eigenvalue weighted by molar-refractivity contribution is -0.136. The summed E-state index contributed by atoms with van der Waals surface area (Å²) < 4.78 is 5.05. The quantitative estimate of drug-likeness (QED) is 0.826. The van der Waals surface area contributed by atoms with E-state index < -0.39 is 5.97 Å². The van der Waals surface area contributed by atoms with Crippen molar-refractivity contribution in [1.29, 1.82) is 0 Å². The first-order chi connectivity index (χ1) is 6.66. The zero-order chi connectivity index (χ0) is 10.1. The number of carboxylic acids is 1. The Morgan fingerprint density at radius 3 is 3.07 bits per heavy atom. The Bertz CT molecular complexity index is 492. The van der Waals surface area contributed by atoms with E-state index in [1.165, 1.54) is 0 Å². The highest BCUT2D eigenvalue weighted by atomic mass is 35.5. The number of halogens is 1. The van der Waals surface area contributed by atoms with E-state index in [0.29, 0.717) is 16.7 Å². The van der Waals surface area contributed by atoms with Crippen LogP contribution in [0.4, 0.5) is 0 Å². The second-order valence-corrected chi connectivity index (χ2v) is 3.12. The number of aromatic nitrogens is 1. The summed E-state index contributed by atoms with van der Waals surface area (Å²) >= 11 is 5.57. The molecule has 0 aliphatic rings. The standard InChI is InChI=1S/C9H6ClNO3/c10-9-11-8-5(4-7(12)13)2-1-3-6(8)14-9/h1-3H,4H2,(H,12,13). The minimum atomic E-state index is -0.906. The zero-order valence-electron chi connectivity index (χ0n) is 7.03. The number of hydrogen-bond acceptors (Lipinski definition) is 3. The SMILES string of the molecule is O=C(O)Cc1cccc2oc(Cl)nc12. The Hall–Kier alpha value is -1.55. The normalized spacial score (nSPS) is 10.6. The third-order valence-corrected chi connectivity index (χ3v) is 1.98. The predicted molar refractivity (Wildman–Crippen MR) is 50.4 cm³/mol. The molecule has 1 aromatic carbocycles. The summed E-state index contributed by atoms with van der Waals surface area (Å²) in [6, 6.07) is 5.09. The number of rotatable bonds is 2. The Balaban J connectivity index is 2.58. The van der Waals surface area contributed by atoms with Crippen molar-refractivity contribution in [2.75, 3.05) is 0 Å². The maximum atomic E-state index is 10.5. The van der Waals surface area contributed by atoms with Crippen LogP contribution in [0.5, 0.6) is 0 Å². The van der Waals surface area contributed by atoms with Gasteiger partial charge in [-0.3, -0.25) is 4.79 Å². The predicted octanol–water partition coefficient (Wildman–Crippen LogP) is 2.11. The molecule has 0 amide bonds. The first-order valence-corrected chi connectivity index (χ1v) is 4.30. The van der Waals surface area contributed by atoms with Crippen LogP contribution in [-0.4, -0.2) is 16.1 Å². The molecule has 0 aliphatic heterocycles. The number of nitrogens with zero attached hydrogens (tertiary/aromatic N) is 1. The second kappa shape index (κ2) is 3.31. The molecule has 2 aromatic rings. The summed E-state index contributed by atoms with van der Waals surface area (Å²) in [5, 5.41) is 8.67. The average molecular weight is 212 g/mol. The minimum absolute atomic E-state index is 0.0258. The van der Waals surface area contributed by atoms with Gasteiger partial charge in [0.1, 0.15) is 5.52 Å². The number of oxazole rings is 1. The van der Waals surface area contributed by atoms with Crippen LogP contribution in [0, 0.1) is 0 Å². The maximum absolute atomic E-state index is 10.5. The van der Waals surface area contributed by atoms with E-state index in [1.54, 1.807) is 18.2 Å². The van der Waals surface area contributed by atoms with Gasteiger partial charge in [0.05, 0.1) is 6.42 Å². The van der Waals surface area contributed by atoms with Crippen LogP contribution in [0.1, 0.15) is 5.56 Å². The summed E-state index contributed by atoms with van der Waals surface area (Å²) in [4.78, 5) is 14.4. The molecule has 14 heavy (non-hydrogen) atoms. The van der Waals surface area contributed by atoms with Crippen LogP contribution in [-0.2, 0) is 11.2 Å². The summed E-state index contributed by atoms with van der Waals surface area (Å²) in [7, 11) is 0. The van der Waals surface area contributed by atoms with E-state index in [-0.39, 0.29) is 11.8 Å². The fourth-order valence-corrected chi connectivity index (χ4v) is 1.45. The molecule has 0 saturated heterocycles. The fourth-order valence-electron chi connectivity index (χ4n) is 1.28. The van der Waals surface area contributed by atoms with Gasteiger partial charge >= 0.3 is 5.97 Å². The average Bonchev–Trinajstić information content (AvgIpc) is 2.45. The molecular weight excluding hydrogens is 206 g/mol. The third-order valence-electron chi connectivity index (χ3n) is 1.82. The number of carboxylic acid groups (broad SMARTS) is 1. The van der Waals surface area contributed by atoms with Gasteiger partial charge in [0.15, 0.2) is 5.58 Å². The van der Waals surface area contributed by atoms with Gasteiger partial charge in [0.2, 0.25) is 0 Å². The van der Waals surface area contributed by atoms with Crippen LogP contribution in [0.3, 0.4) is 0 Å². The van der Waals surface area contributed by atoms with Crippen molar-refractivity contribution in [2.45, 2.75) is 6.42 Å². The van der Waals surface area contributed by atoms with Crippen molar-refractivity contribution >= 4 is 28.7 Å². The monoisotopic (exact) mass is 211 g/mol. The lowest BCUT2D eigenvalue weighted by Gasteiger charge is -1.95. The number of hydrogen-bond donors (Lipinski definition) is 1. The molecule has 4 nitrogen and oxygen atoms in total. The van der Waals surface area contributed by atoms with Gasteiger partial charge < -0.3 is 9.52 Å². The highest BCUT2D eigenvalue weighted by Gasteiger charge is 2.10. The molecule has 1 N–H and O–H groups in total. The first kappa shape index (κ1) is 9.02. The maximum Gasteiger partial charge on any atom is 0.307 e. The van der Waals surface area contributed by atoms with E-state index in [4.69, 9.17) is 21.1 Å². The van der Waals surface area contributed by atoms with Crippen LogP contribution < -0.4 is 0 Å². The molecule has 5 heteroatoms. The Labute approximate surface area is 84.1 Å². The van der Waals surface area contributed by atoms with Crippen molar-refractivity contribution < 1.29 is 14.3 Å². The van der Waals surface area contributed by atoms with Gasteiger partial charge in [-0.25, -0.2) is 0 Å². The first-order valence-electron chi connectivity index (χ1n) is 3.92. The van der Waals surface area contributed by atoms with Crippen LogP contribution in [0.25, 0.3) is 11.1 Å². The number of aliphatic carboxylic acids is 1. The molecular formula is C9H6ClNO3. The Morgan fingerprint density at radius 1 is 1.57 bits per heavy atom. The summed E-state index contributed by atoms with van der Waals surface area (Å²) in [5.74, 6) is -0.906. The summed E-state index contributed by atoms with van der Waals surface area (Å²) in [5.41, 5.74) is 1.62. The number of para-hydroxylation sites is 1. The fraction of sp³-hybridized carbons (Fsp3) is 0.111. The van der Waals surface area contributed by atoms with Gasteiger partial charge in [-0.1, -0.05) is 12.1 Å². The summed E-state index contributed by atoms with van der Waals surface area (Å²) in [6.45, 7) is 0. The number of carbonyl (C=O) groups is 1. The molecule has 1 aromatic heterocycles. The topological polar surface area (TPSA) is 63.3 Å². The van der Waals surface area contributed by atoms with E-state index >= 15 is 0 Å². The smallest absolute Gasteiger partial charge is 0.307 e. The molecule has 0 unspecified atom stereocenters. The van der Waals surface area contributed by atoms with Gasteiger partial charge in [-0.2, -0.15) is 4.98 Å². The highest BCUT2D eigenvalue weighted by molar-refractivity contribution is 6.28. The zero-order valence-corrected chi connectivity index (χ0v) is 7.78. The van der Waals surface area contributed by atoms with Crippen molar-refractivity contribution in [3.8, 4) is 0 Å². The molecule has 1 heterocycles.